The highest BCUT2D eigenvalue weighted by molar-refractivity contribution is 7.98. The van der Waals surface area contributed by atoms with Crippen LogP contribution in [-0.2, 0) is 4.79 Å². The van der Waals surface area contributed by atoms with Gasteiger partial charge in [0.15, 0.2) is 5.16 Å². The zero-order valence-corrected chi connectivity index (χ0v) is 13.0. The largest absolute Gasteiger partial charge is 0.497 e. The van der Waals surface area contributed by atoms with Crippen LogP contribution in [0, 0.1) is 0 Å². The van der Waals surface area contributed by atoms with Crippen LogP contribution in [0.15, 0.2) is 34.2 Å². The smallest absolute Gasteiger partial charge is 0.257 e. The van der Waals surface area contributed by atoms with Gasteiger partial charge >= 0.3 is 0 Å². The number of nitrogens with one attached hydrogen (secondary N) is 2. The van der Waals surface area contributed by atoms with E-state index < -0.39 is 0 Å². The van der Waals surface area contributed by atoms with Crippen LogP contribution in [0.5, 0.6) is 5.75 Å². The minimum Gasteiger partial charge on any atom is -0.497 e. The van der Waals surface area contributed by atoms with Crippen molar-refractivity contribution in [2.24, 2.45) is 0 Å². The van der Waals surface area contributed by atoms with Gasteiger partial charge in [-0.05, 0) is 24.0 Å². The number of ether oxygens (including phenoxy) is 1. The van der Waals surface area contributed by atoms with E-state index in [1.54, 1.807) is 7.11 Å². The lowest BCUT2D eigenvalue weighted by atomic mass is 9.87. The fourth-order valence-electron chi connectivity index (χ4n) is 2.59. The molecule has 0 aliphatic carbocycles. The van der Waals surface area contributed by atoms with Crippen molar-refractivity contribution in [3.63, 3.8) is 0 Å². The SMILES string of the molecule is COc1cccc([C@@H]2CC(=O)Nc3nc(SC)[nH]c(=O)c32)c1. The van der Waals surface area contributed by atoms with Gasteiger partial charge in [0.05, 0.1) is 12.7 Å². The number of carbonyl (C=O) groups is 1. The van der Waals surface area contributed by atoms with Crippen LogP contribution in [0.25, 0.3) is 0 Å². The molecule has 1 aromatic carbocycles. The summed E-state index contributed by atoms with van der Waals surface area (Å²) in [7, 11) is 1.58. The number of hydrogen-bond acceptors (Lipinski definition) is 5. The van der Waals surface area contributed by atoms with E-state index in [9.17, 15) is 9.59 Å². The van der Waals surface area contributed by atoms with E-state index in [4.69, 9.17) is 4.74 Å². The molecule has 0 radical (unpaired) electrons. The third kappa shape index (κ3) is 2.59. The number of H-pyrrole nitrogens is 1. The van der Waals surface area contributed by atoms with Gasteiger partial charge in [-0.1, -0.05) is 23.9 Å². The predicted molar refractivity (Wildman–Crippen MR) is 84.7 cm³/mol. The normalized spacial score (nSPS) is 16.8. The quantitative estimate of drug-likeness (QED) is 0.668. The minimum atomic E-state index is -0.328. The monoisotopic (exact) mass is 317 g/mol. The number of fused-ring (bicyclic) bond motifs is 1. The Morgan fingerprint density at radius 1 is 1.36 bits per heavy atom. The second-order valence-corrected chi connectivity index (χ2v) is 5.71. The first-order valence-corrected chi connectivity index (χ1v) is 7.97. The fourth-order valence-corrected chi connectivity index (χ4v) is 2.97. The number of amides is 1. The van der Waals surface area contributed by atoms with Crippen molar-refractivity contribution < 1.29 is 9.53 Å². The molecule has 2 heterocycles. The van der Waals surface area contributed by atoms with Crippen molar-refractivity contribution in [2.45, 2.75) is 17.5 Å². The third-order valence-corrected chi connectivity index (χ3v) is 4.20. The summed E-state index contributed by atoms with van der Waals surface area (Å²) < 4.78 is 5.22. The molecule has 7 heteroatoms. The van der Waals surface area contributed by atoms with Gasteiger partial charge in [0, 0.05) is 12.3 Å². The summed E-state index contributed by atoms with van der Waals surface area (Å²) in [6.45, 7) is 0. The first-order valence-electron chi connectivity index (χ1n) is 6.74. The summed E-state index contributed by atoms with van der Waals surface area (Å²) >= 11 is 1.32. The molecule has 2 aromatic rings. The summed E-state index contributed by atoms with van der Waals surface area (Å²) in [5, 5.41) is 3.17. The van der Waals surface area contributed by atoms with E-state index >= 15 is 0 Å². The Morgan fingerprint density at radius 3 is 2.91 bits per heavy atom. The van der Waals surface area contributed by atoms with Gasteiger partial charge in [-0.25, -0.2) is 4.98 Å². The Bertz CT molecular complexity index is 788. The number of hydrogen-bond donors (Lipinski definition) is 2. The lowest BCUT2D eigenvalue weighted by Crippen LogP contribution is -2.31. The third-order valence-electron chi connectivity index (χ3n) is 3.62. The summed E-state index contributed by atoms with van der Waals surface area (Å²) in [6.07, 6.45) is 2.03. The van der Waals surface area contributed by atoms with Crippen LogP contribution < -0.4 is 15.6 Å². The standard InChI is InChI=1S/C15H15N3O3S/c1-21-9-5-3-4-8(6-9)10-7-11(19)16-13-12(10)14(20)18-15(17-13)22-2/h3-6,10H,7H2,1-2H3,(H2,16,17,18,19,20)/t10-/m0/s1. The summed E-state index contributed by atoms with van der Waals surface area (Å²) in [6, 6.07) is 7.40. The highest BCUT2D eigenvalue weighted by Crippen LogP contribution is 2.35. The number of anilines is 1. The molecule has 1 amide bonds. The number of rotatable bonds is 3. The minimum absolute atomic E-state index is 0.148. The van der Waals surface area contributed by atoms with Gasteiger partial charge in [0.1, 0.15) is 11.6 Å². The molecule has 6 nitrogen and oxygen atoms in total. The van der Waals surface area contributed by atoms with Crippen LogP contribution in [0.4, 0.5) is 5.82 Å². The van der Waals surface area contributed by atoms with Crippen molar-refractivity contribution in [2.75, 3.05) is 18.7 Å². The van der Waals surface area contributed by atoms with Gasteiger partial charge < -0.3 is 15.0 Å². The second-order valence-electron chi connectivity index (χ2n) is 4.92. The molecule has 1 aliphatic rings. The average Bonchev–Trinajstić information content (AvgIpc) is 2.53. The molecule has 0 saturated heterocycles. The summed E-state index contributed by atoms with van der Waals surface area (Å²) in [4.78, 5) is 31.4. The summed E-state index contributed by atoms with van der Waals surface area (Å²) in [5.74, 6) is 0.559. The Balaban J connectivity index is 2.15. The van der Waals surface area contributed by atoms with Gasteiger partial charge in [-0.15, -0.1) is 0 Å². The number of nitrogens with zero attached hydrogens (tertiary/aromatic N) is 1. The number of aromatic amines is 1. The maximum atomic E-state index is 12.4. The number of aromatic nitrogens is 2. The van der Waals surface area contributed by atoms with Gasteiger partial charge in [0.25, 0.3) is 5.56 Å². The van der Waals surface area contributed by atoms with E-state index in [2.05, 4.69) is 15.3 Å². The van der Waals surface area contributed by atoms with E-state index in [0.29, 0.717) is 22.3 Å². The number of benzene rings is 1. The Kier molecular flexibility index (Phi) is 3.89. The number of carbonyl (C=O) groups excluding carboxylic acids is 1. The molecule has 0 spiro atoms. The van der Waals surface area contributed by atoms with Crippen LogP contribution in [0.3, 0.4) is 0 Å². The molecule has 2 N–H and O–H groups in total. The van der Waals surface area contributed by atoms with Gasteiger partial charge in [-0.2, -0.15) is 0 Å². The molecule has 1 aromatic heterocycles. The van der Waals surface area contributed by atoms with Crippen LogP contribution in [-0.4, -0.2) is 29.2 Å². The molecule has 0 saturated carbocycles. The highest BCUT2D eigenvalue weighted by atomic mass is 32.2. The Labute approximate surface area is 131 Å². The number of methoxy groups -OCH3 is 1. The van der Waals surface area contributed by atoms with E-state index in [-0.39, 0.29) is 23.8 Å². The molecular weight excluding hydrogens is 302 g/mol. The molecule has 0 bridgehead atoms. The molecule has 22 heavy (non-hydrogen) atoms. The lowest BCUT2D eigenvalue weighted by molar-refractivity contribution is -0.116. The molecule has 1 aliphatic heterocycles. The lowest BCUT2D eigenvalue weighted by Gasteiger charge is -2.24. The zero-order valence-electron chi connectivity index (χ0n) is 12.2. The van der Waals surface area contributed by atoms with E-state index in [0.717, 1.165) is 5.56 Å². The van der Waals surface area contributed by atoms with Gasteiger partial charge in [-0.3, -0.25) is 9.59 Å². The van der Waals surface area contributed by atoms with Crippen molar-refractivity contribution >= 4 is 23.5 Å². The average molecular weight is 317 g/mol. The van der Waals surface area contributed by atoms with Gasteiger partial charge in [0.2, 0.25) is 5.91 Å². The molecule has 114 valence electrons. The predicted octanol–water partition coefficient (Wildman–Crippen LogP) is 1.97. The maximum absolute atomic E-state index is 12.4. The number of thioether (sulfide) groups is 1. The van der Waals surface area contributed by atoms with Crippen molar-refractivity contribution in [3.8, 4) is 5.75 Å². The summed E-state index contributed by atoms with van der Waals surface area (Å²) in [5.41, 5.74) is 1.13. The topological polar surface area (TPSA) is 84.1 Å². The first kappa shape index (κ1) is 14.6. The maximum Gasteiger partial charge on any atom is 0.257 e. The fraction of sp³-hybridized carbons (Fsp3) is 0.267. The van der Waals surface area contributed by atoms with Crippen molar-refractivity contribution in [1.29, 1.82) is 0 Å². The Hall–Kier alpha value is -2.28. The molecule has 0 unspecified atom stereocenters. The molecule has 1 atom stereocenters. The molecule has 0 fully saturated rings. The van der Waals surface area contributed by atoms with Crippen LogP contribution >= 0.6 is 11.8 Å². The highest BCUT2D eigenvalue weighted by Gasteiger charge is 2.31. The van der Waals surface area contributed by atoms with Crippen LogP contribution in [0.1, 0.15) is 23.5 Å². The van der Waals surface area contributed by atoms with E-state index in [1.165, 1.54) is 11.8 Å². The molecule has 3 rings (SSSR count). The second kappa shape index (κ2) is 5.84. The van der Waals surface area contributed by atoms with Crippen LogP contribution in [0.2, 0.25) is 0 Å². The Morgan fingerprint density at radius 2 is 2.18 bits per heavy atom. The zero-order chi connectivity index (χ0) is 15.7. The van der Waals surface area contributed by atoms with E-state index in [1.807, 2.05) is 30.5 Å². The van der Waals surface area contributed by atoms with Crippen molar-refractivity contribution in [1.82, 2.24) is 9.97 Å². The molecular formula is C15H15N3O3S. The first-order chi connectivity index (χ1) is 10.6. The van der Waals surface area contributed by atoms with Crippen molar-refractivity contribution in [3.05, 3.63) is 45.7 Å².